The smallest absolute Gasteiger partial charge is 0.281 e. The van der Waals surface area contributed by atoms with Crippen molar-refractivity contribution in [2.24, 2.45) is 0 Å². The Bertz CT molecular complexity index is 276. The van der Waals surface area contributed by atoms with Crippen LogP contribution in [0.5, 0.6) is 0 Å². The summed E-state index contributed by atoms with van der Waals surface area (Å²) in [7, 11) is 0. The molecule has 0 aliphatic carbocycles. The van der Waals surface area contributed by atoms with Gasteiger partial charge in [0, 0.05) is 25.3 Å². The van der Waals surface area contributed by atoms with Crippen molar-refractivity contribution in [3.63, 3.8) is 0 Å². The normalized spacial score (nSPS) is 16.7. The van der Waals surface area contributed by atoms with Gasteiger partial charge in [0.05, 0.1) is 5.60 Å². The Kier molecular flexibility index (Phi) is 4.61. The lowest BCUT2D eigenvalue weighted by molar-refractivity contribution is -0.145. The van der Waals surface area contributed by atoms with Gasteiger partial charge in [-0.15, -0.1) is 0 Å². The fraction of sp³-hybridized carbons (Fsp3) is 0.800. The second-order valence-electron chi connectivity index (χ2n) is 4.59. The zero-order valence-electron chi connectivity index (χ0n) is 9.91. The standard InChI is InChI=1S/C10H18N2O3S/c1-10(2,3)15-11-8(13)4-5-12-6-7-16-9(12)14/h4-7H2,1-3H3,(H,11,13). The Hall–Kier alpha value is -0.750. The van der Waals surface area contributed by atoms with E-state index in [1.165, 1.54) is 11.8 Å². The van der Waals surface area contributed by atoms with Gasteiger partial charge in [-0.1, -0.05) is 11.8 Å². The zero-order chi connectivity index (χ0) is 12.2. The summed E-state index contributed by atoms with van der Waals surface area (Å²) in [4.78, 5) is 29.4. The van der Waals surface area contributed by atoms with Crippen molar-refractivity contribution in [1.82, 2.24) is 10.4 Å². The van der Waals surface area contributed by atoms with Gasteiger partial charge in [-0.3, -0.25) is 14.4 Å². The fourth-order valence-corrected chi connectivity index (χ4v) is 1.98. The summed E-state index contributed by atoms with van der Waals surface area (Å²) in [6.07, 6.45) is 0.280. The van der Waals surface area contributed by atoms with Crippen LogP contribution in [0.1, 0.15) is 27.2 Å². The van der Waals surface area contributed by atoms with E-state index in [0.717, 1.165) is 12.3 Å². The minimum atomic E-state index is -0.394. The van der Waals surface area contributed by atoms with Crippen LogP contribution in [0.25, 0.3) is 0 Å². The summed E-state index contributed by atoms with van der Waals surface area (Å²) in [6, 6.07) is 0. The molecule has 2 amide bonds. The molecule has 92 valence electrons. The van der Waals surface area contributed by atoms with Crippen molar-refractivity contribution < 1.29 is 14.4 Å². The van der Waals surface area contributed by atoms with Crippen molar-refractivity contribution >= 4 is 22.9 Å². The predicted molar refractivity (Wildman–Crippen MR) is 63.0 cm³/mol. The van der Waals surface area contributed by atoms with E-state index in [1.807, 2.05) is 20.8 Å². The Labute approximate surface area is 99.8 Å². The first kappa shape index (κ1) is 13.3. The van der Waals surface area contributed by atoms with Gasteiger partial charge in [0.25, 0.3) is 5.24 Å². The van der Waals surface area contributed by atoms with Crippen LogP contribution in [0.4, 0.5) is 4.79 Å². The molecule has 0 aromatic rings. The van der Waals surface area contributed by atoms with E-state index < -0.39 is 5.60 Å². The van der Waals surface area contributed by atoms with Crippen LogP contribution >= 0.6 is 11.8 Å². The van der Waals surface area contributed by atoms with E-state index in [1.54, 1.807) is 4.90 Å². The Morgan fingerprint density at radius 1 is 1.56 bits per heavy atom. The average molecular weight is 246 g/mol. The van der Waals surface area contributed by atoms with E-state index in [-0.39, 0.29) is 17.6 Å². The van der Waals surface area contributed by atoms with Gasteiger partial charge in [-0.25, -0.2) is 5.48 Å². The first-order valence-electron chi connectivity index (χ1n) is 5.27. The summed E-state index contributed by atoms with van der Waals surface area (Å²) >= 11 is 1.30. The van der Waals surface area contributed by atoms with Crippen molar-refractivity contribution in [1.29, 1.82) is 0 Å². The van der Waals surface area contributed by atoms with Crippen LogP contribution < -0.4 is 5.48 Å². The molecule has 0 radical (unpaired) electrons. The van der Waals surface area contributed by atoms with E-state index in [0.29, 0.717) is 6.54 Å². The highest BCUT2D eigenvalue weighted by atomic mass is 32.2. The van der Waals surface area contributed by atoms with Crippen molar-refractivity contribution in [3.8, 4) is 0 Å². The SMILES string of the molecule is CC(C)(C)ONC(=O)CCN1CCSC1=O. The maximum atomic E-state index is 11.4. The third-order valence-corrected chi connectivity index (χ3v) is 2.82. The molecule has 0 aromatic carbocycles. The molecule has 0 bridgehead atoms. The molecule has 0 spiro atoms. The number of carbonyl (C=O) groups is 2. The van der Waals surface area contributed by atoms with Crippen LogP contribution in [0, 0.1) is 0 Å². The van der Waals surface area contributed by atoms with Gasteiger partial charge >= 0.3 is 0 Å². The minimum absolute atomic E-state index is 0.0598. The number of nitrogens with one attached hydrogen (secondary N) is 1. The summed E-state index contributed by atoms with van der Waals surface area (Å²) < 4.78 is 0. The van der Waals surface area contributed by atoms with E-state index in [2.05, 4.69) is 5.48 Å². The molecule has 1 fully saturated rings. The molecule has 0 saturated carbocycles. The molecule has 5 nitrogen and oxygen atoms in total. The first-order valence-corrected chi connectivity index (χ1v) is 6.25. The van der Waals surface area contributed by atoms with Crippen LogP contribution in [0.15, 0.2) is 0 Å². The van der Waals surface area contributed by atoms with Crippen LogP contribution in [-0.4, -0.2) is 40.5 Å². The molecule has 1 saturated heterocycles. The molecular formula is C10H18N2O3S. The van der Waals surface area contributed by atoms with Gasteiger partial charge in [-0.2, -0.15) is 0 Å². The molecular weight excluding hydrogens is 228 g/mol. The van der Waals surface area contributed by atoms with E-state index in [4.69, 9.17) is 4.84 Å². The molecule has 1 aliphatic rings. The topological polar surface area (TPSA) is 58.6 Å². The first-order chi connectivity index (χ1) is 7.38. The lowest BCUT2D eigenvalue weighted by atomic mass is 10.2. The minimum Gasteiger partial charge on any atom is -0.332 e. The number of hydroxylamine groups is 1. The number of hydrogen-bond acceptors (Lipinski definition) is 4. The highest BCUT2D eigenvalue weighted by Gasteiger charge is 2.21. The summed E-state index contributed by atoms with van der Waals surface area (Å²) in [5.74, 6) is 0.624. The van der Waals surface area contributed by atoms with E-state index in [9.17, 15) is 9.59 Å². The largest absolute Gasteiger partial charge is 0.332 e. The van der Waals surface area contributed by atoms with Crippen molar-refractivity contribution in [3.05, 3.63) is 0 Å². The molecule has 0 aromatic heterocycles. The Morgan fingerprint density at radius 3 is 2.75 bits per heavy atom. The van der Waals surface area contributed by atoms with Crippen LogP contribution in [0.3, 0.4) is 0 Å². The highest BCUT2D eigenvalue weighted by Crippen LogP contribution is 2.16. The number of rotatable bonds is 4. The average Bonchev–Trinajstić information content (AvgIpc) is 2.57. The monoisotopic (exact) mass is 246 g/mol. The number of nitrogens with zero attached hydrogens (tertiary/aromatic N) is 1. The second kappa shape index (κ2) is 5.54. The van der Waals surface area contributed by atoms with Gasteiger partial charge in [0.15, 0.2) is 0 Å². The van der Waals surface area contributed by atoms with Gasteiger partial charge in [0.1, 0.15) is 0 Å². The van der Waals surface area contributed by atoms with Crippen LogP contribution in [0.2, 0.25) is 0 Å². The molecule has 1 heterocycles. The third kappa shape index (κ3) is 4.85. The van der Waals surface area contributed by atoms with Gasteiger partial charge in [-0.05, 0) is 20.8 Å². The van der Waals surface area contributed by atoms with Gasteiger partial charge in [0.2, 0.25) is 5.91 Å². The van der Waals surface area contributed by atoms with Crippen LogP contribution in [-0.2, 0) is 9.63 Å². The molecule has 0 unspecified atom stereocenters. The Morgan fingerprint density at radius 2 is 2.25 bits per heavy atom. The summed E-state index contributed by atoms with van der Waals surface area (Å²) in [6.45, 7) is 6.76. The molecule has 16 heavy (non-hydrogen) atoms. The molecule has 1 aliphatic heterocycles. The summed E-state index contributed by atoms with van der Waals surface area (Å²) in [5.41, 5.74) is 1.98. The zero-order valence-corrected chi connectivity index (χ0v) is 10.7. The maximum absolute atomic E-state index is 11.4. The fourth-order valence-electron chi connectivity index (χ4n) is 1.13. The number of hydrogen-bond donors (Lipinski definition) is 1. The van der Waals surface area contributed by atoms with E-state index >= 15 is 0 Å². The highest BCUT2D eigenvalue weighted by molar-refractivity contribution is 8.13. The maximum Gasteiger partial charge on any atom is 0.281 e. The second-order valence-corrected chi connectivity index (χ2v) is 5.64. The molecule has 0 atom stereocenters. The van der Waals surface area contributed by atoms with Gasteiger partial charge < -0.3 is 4.90 Å². The third-order valence-electron chi connectivity index (χ3n) is 1.92. The number of amides is 2. The summed E-state index contributed by atoms with van der Waals surface area (Å²) in [5, 5.41) is 0.0598. The van der Waals surface area contributed by atoms with Crippen molar-refractivity contribution in [2.45, 2.75) is 32.8 Å². The lowest BCUT2D eigenvalue weighted by Crippen LogP contribution is -2.35. The Balaban J connectivity index is 2.17. The quantitative estimate of drug-likeness (QED) is 0.762. The molecule has 6 heteroatoms. The predicted octanol–water partition coefficient (Wildman–Crippen LogP) is 1.39. The molecule has 1 N–H and O–H groups in total. The molecule has 1 rings (SSSR count). The number of thioether (sulfide) groups is 1. The van der Waals surface area contributed by atoms with Crippen molar-refractivity contribution in [2.75, 3.05) is 18.8 Å². The lowest BCUT2D eigenvalue weighted by Gasteiger charge is -2.19. The number of carbonyl (C=O) groups excluding carboxylic acids is 2.